The number of nitrogens with zero attached hydrogens (tertiary/aromatic N) is 3. The fourth-order valence-electron chi connectivity index (χ4n) is 4.28. The molecule has 1 aromatic carbocycles. The van der Waals surface area contributed by atoms with Gasteiger partial charge in [0.25, 0.3) is 0 Å². The number of hydrogen-bond acceptors (Lipinski definition) is 5. The number of likely N-dealkylation sites (tertiary alicyclic amines) is 1. The minimum Gasteiger partial charge on any atom is -0.478 e. The van der Waals surface area contributed by atoms with E-state index in [9.17, 15) is 27.5 Å². The Labute approximate surface area is 188 Å². The molecule has 3 aliphatic heterocycles. The first-order valence-corrected chi connectivity index (χ1v) is 10.7. The van der Waals surface area contributed by atoms with E-state index in [4.69, 9.17) is 0 Å². The molecule has 1 unspecified atom stereocenters. The Balaban J connectivity index is 1.76. The lowest BCUT2D eigenvalue weighted by Crippen LogP contribution is -2.50. The van der Waals surface area contributed by atoms with Crippen molar-refractivity contribution in [3.05, 3.63) is 65.7 Å². The number of alkyl halides is 4. The third-order valence-electron chi connectivity index (χ3n) is 5.87. The van der Waals surface area contributed by atoms with Crippen LogP contribution in [0.2, 0.25) is 0 Å². The number of carboxylic acids is 1. The van der Waals surface area contributed by atoms with Crippen molar-refractivity contribution >= 4 is 17.5 Å². The third kappa shape index (κ3) is 4.74. The van der Waals surface area contributed by atoms with Crippen LogP contribution in [0.5, 0.6) is 0 Å². The lowest BCUT2D eigenvalue weighted by atomic mass is 9.96. The maximum absolute atomic E-state index is 14.6. The number of allylic oxidation sites excluding steroid dienone is 1. The highest BCUT2D eigenvalue weighted by molar-refractivity contribution is 6.04. The zero-order valence-corrected chi connectivity index (χ0v) is 17.8. The van der Waals surface area contributed by atoms with Gasteiger partial charge in [0, 0.05) is 36.1 Å². The van der Waals surface area contributed by atoms with Gasteiger partial charge in [0.1, 0.15) is 17.8 Å². The van der Waals surface area contributed by atoms with E-state index >= 15 is 0 Å². The number of hydrogen-bond donors (Lipinski definition) is 2. The number of fused-ring (bicyclic) bond motifs is 1. The summed E-state index contributed by atoms with van der Waals surface area (Å²) in [7, 11) is 0. The molecule has 3 aliphatic rings. The molecule has 176 valence electrons. The molecule has 2 atom stereocenters. The molecule has 1 fully saturated rings. The lowest BCUT2D eigenvalue weighted by molar-refractivity contribution is -0.133. The Kier molecular flexibility index (Phi) is 6.18. The molecule has 0 spiro atoms. The molecule has 33 heavy (non-hydrogen) atoms. The molecular weight excluding hydrogens is 440 g/mol. The van der Waals surface area contributed by atoms with Crippen molar-refractivity contribution in [2.24, 2.45) is 4.99 Å². The number of carbonyl (C=O) groups is 1. The smallest absolute Gasteiger partial charge is 0.412 e. The van der Waals surface area contributed by atoms with Gasteiger partial charge in [-0.2, -0.15) is 13.2 Å². The number of nitrogens with one attached hydrogen (secondary N) is 1. The number of amidine groups is 1. The van der Waals surface area contributed by atoms with Gasteiger partial charge in [0.15, 0.2) is 6.04 Å². The monoisotopic (exact) mass is 464 g/mol. The van der Waals surface area contributed by atoms with Crippen LogP contribution < -0.4 is 5.32 Å². The third-order valence-corrected chi connectivity index (χ3v) is 5.87. The van der Waals surface area contributed by atoms with Crippen molar-refractivity contribution in [3.63, 3.8) is 0 Å². The summed E-state index contributed by atoms with van der Waals surface area (Å²) in [5, 5.41) is 11.7. The topological polar surface area (TPSA) is 68.2 Å². The van der Waals surface area contributed by atoms with E-state index in [1.54, 1.807) is 6.08 Å². The Morgan fingerprint density at radius 2 is 1.91 bits per heavy atom. The zero-order chi connectivity index (χ0) is 23.8. The molecule has 0 bridgehead atoms. The largest absolute Gasteiger partial charge is 0.478 e. The summed E-state index contributed by atoms with van der Waals surface area (Å²) < 4.78 is 57.4. The van der Waals surface area contributed by atoms with E-state index < -0.39 is 29.9 Å². The highest BCUT2D eigenvalue weighted by Gasteiger charge is 2.47. The zero-order valence-electron chi connectivity index (χ0n) is 17.8. The number of para-hydroxylation sites is 1. The molecule has 4 rings (SSSR count). The lowest BCUT2D eigenvalue weighted by Gasteiger charge is -2.40. The van der Waals surface area contributed by atoms with Crippen LogP contribution in [-0.4, -0.2) is 64.7 Å². The number of aromatic carboxylic acids is 1. The molecule has 0 amide bonds. The van der Waals surface area contributed by atoms with Gasteiger partial charge >= 0.3 is 12.1 Å². The summed E-state index contributed by atoms with van der Waals surface area (Å²) in [4.78, 5) is 19.4. The number of rotatable bonds is 5. The van der Waals surface area contributed by atoms with Crippen molar-refractivity contribution < 1.29 is 27.5 Å². The molecule has 3 heterocycles. The van der Waals surface area contributed by atoms with Crippen LogP contribution in [0.25, 0.3) is 0 Å². The molecule has 2 N–H and O–H groups in total. The van der Waals surface area contributed by atoms with Crippen LogP contribution in [-0.2, 0) is 0 Å². The predicted octanol–water partition coefficient (Wildman–Crippen LogP) is 4.56. The number of aliphatic imine (C=N–C) groups is 1. The van der Waals surface area contributed by atoms with Crippen LogP contribution in [0.1, 0.15) is 29.6 Å². The Hall–Kier alpha value is -3.30. The Morgan fingerprint density at radius 1 is 1.21 bits per heavy atom. The highest BCUT2D eigenvalue weighted by Crippen LogP contribution is 2.36. The van der Waals surface area contributed by atoms with Gasteiger partial charge in [0.05, 0.1) is 12.1 Å². The van der Waals surface area contributed by atoms with Gasteiger partial charge in [-0.1, -0.05) is 18.7 Å². The summed E-state index contributed by atoms with van der Waals surface area (Å²) in [6.07, 6.45) is -0.973. The molecule has 1 saturated heterocycles. The number of carboxylic acid groups (broad SMARTS) is 1. The maximum Gasteiger partial charge on any atom is 0.412 e. The molecule has 0 aromatic heterocycles. The summed E-state index contributed by atoms with van der Waals surface area (Å²) in [6.45, 7) is 5.19. The van der Waals surface area contributed by atoms with E-state index in [2.05, 4.69) is 16.9 Å². The molecule has 10 heteroatoms. The second kappa shape index (κ2) is 8.92. The molecular formula is C23H24F4N4O2. The van der Waals surface area contributed by atoms with Crippen LogP contribution >= 0.6 is 0 Å². The van der Waals surface area contributed by atoms with E-state index in [1.165, 1.54) is 29.2 Å². The fraction of sp³-hybridized carbons (Fsp3) is 0.391. The minimum absolute atomic E-state index is 0.0281. The normalized spacial score (nSPS) is 22.1. The number of halogens is 4. The number of piperidine rings is 1. The standard InChI is InChI=1S/C23H24F4N4O2/c1-14-11-19(30-9-5-2-6-10-30)29-21-17(12-15(24)13-31(14)21)20(23(25,26)27)28-18-8-4-3-7-16(18)22(32)33/h3-4,7-8,11-12,15,20,28H,1-2,5-6,9-10,13H2,(H,32,33)/t15?,20-/m0/s1. The Morgan fingerprint density at radius 3 is 2.58 bits per heavy atom. The van der Waals surface area contributed by atoms with E-state index in [0.29, 0.717) is 11.5 Å². The average molecular weight is 464 g/mol. The first kappa shape index (κ1) is 22.9. The highest BCUT2D eigenvalue weighted by atomic mass is 19.4. The van der Waals surface area contributed by atoms with Gasteiger partial charge in [-0.3, -0.25) is 0 Å². The second-order valence-electron chi connectivity index (χ2n) is 8.20. The predicted molar refractivity (Wildman–Crippen MR) is 117 cm³/mol. The van der Waals surface area contributed by atoms with Gasteiger partial charge < -0.3 is 20.2 Å². The van der Waals surface area contributed by atoms with Crippen molar-refractivity contribution in [2.45, 2.75) is 37.7 Å². The van der Waals surface area contributed by atoms with Crippen LogP contribution in [0.4, 0.5) is 23.2 Å². The molecule has 0 aliphatic carbocycles. The van der Waals surface area contributed by atoms with Crippen molar-refractivity contribution in [1.29, 1.82) is 0 Å². The van der Waals surface area contributed by atoms with E-state index in [-0.39, 0.29) is 23.6 Å². The van der Waals surface area contributed by atoms with Gasteiger partial charge in [-0.05, 0) is 37.5 Å². The van der Waals surface area contributed by atoms with Crippen molar-refractivity contribution in [1.82, 2.24) is 9.80 Å². The number of anilines is 1. The van der Waals surface area contributed by atoms with Crippen LogP contribution in [0.15, 0.2) is 65.1 Å². The van der Waals surface area contributed by atoms with Gasteiger partial charge in [-0.25, -0.2) is 14.2 Å². The molecule has 0 saturated carbocycles. The van der Waals surface area contributed by atoms with Crippen molar-refractivity contribution in [3.8, 4) is 0 Å². The van der Waals surface area contributed by atoms with Gasteiger partial charge in [-0.15, -0.1) is 0 Å². The first-order valence-electron chi connectivity index (χ1n) is 10.7. The first-order chi connectivity index (χ1) is 15.6. The maximum atomic E-state index is 14.6. The second-order valence-corrected chi connectivity index (χ2v) is 8.20. The number of benzene rings is 1. The van der Waals surface area contributed by atoms with Crippen LogP contribution in [0, 0.1) is 0 Å². The average Bonchev–Trinajstić information content (AvgIpc) is 2.77. The SMILES string of the molecule is C=C1C=C(N2CCCCC2)N=C2C([C@H](Nc3ccccc3C(=O)O)C(F)(F)F)=CC(F)CN12. The summed E-state index contributed by atoms with van der Waals surface area (Å²) >= 11 is 0. The van der Waals surface area contributed by atoms with E-state index in [0.717, 1.165) is 38.4 Å². The fourth-order valence-corrected chi connectivity index (χ4v) is 4.28. The van der Waals surface area contributed by atoms with Gasteiger partial charge in [0.2, 0.25) is 0 Å². The summed E-state index contributed by atoms with van der Waals surface area (Å²) in [6, 6.07) is 2.93. The summed E-state index contributed by atoms with van der Waals surface area (Å²) in [5.74, 6) is -0.902. The minimum atomic E-state index is -4.85. The molecule has 1 aromatic rings. The van der Waals surface area contributed by atoms with Crippen molar-refractivity contribution in [2.75, 3.05) is 25.0 Å². The molecule has 0 radical (unpaired) electrons. The molecule has 6 nitrogen and oxygen atoms in total. The van der Waals surface area contributed by atoms with Crippen LogP contribution in [0.3, 0.4) is 0 Å². The summed E-state index contributed by atoms with van der Waals surface area (Å²) in [5.41, 5.74) is -0.575. The van der Waals surface area contributed by atoms with E-state index in [1.807, 2.05) is 4.90 Å². The quantitative estimate of drug-likeness (QED) is 0.626. The Bertz CT molecular complexity index is 1040.